The van der Waals surface area contributed by atoms with Gasteiger partial charge in [0.15, 0.2) is 5.43 Å². The number of phenols is 2. The number of nitrogens with one attached hydrogen (secondary N) is 3. The quantitative estimate of drug-likeness (QED) is 0.0607. The molecule has 12 N–H and O–H groups in total. The second-order valence-corrected chi connectivity index (χ2v) is 32.9. The molecule has 96 heavy (non-hydrogen) atoms. The second kappa shape index (κ2) is 22.8. The summed E-state index contributed by atoms with van der Waals surface area (Å²) in [7, 11) is 0. The summed E-state index contributed by atoms with van der Waals surface area (Å²) in [4.78, 5) is 31.5. The van der Waals surface area contributed by atoms with E-state index >= 15 is 9.59 Å². The molecule has 13 aliphatic rings. The Morgan fingerprint density at radius 2 is 1.69 bits per heavy atom. The van der Waals surface area contributed by atoms with E-state index in [-0.39, 0.29) is 99.3 Å². The average molecular weight is 1310 g/mol. The van der Waals surface area contributed by atoms with Crippen LogP contribution in [-0.2, 0) is 29.0 Å². The molecule has 6 fully saturated rings. The van der Waals surface area contributed by atoms with Gasteiger partial charge in [0.1, 0.15) is 58.1 Å². The number of carbonyl (C=O) groups is 1. The van der Waals surface area contributed by atoms with Gasteiger partial charge in [0, 0.05) is 59.5 Å². The zero-order valence-electron chi connectivity index (χ0n) is 56.1. The number of dihydropyridines is 2. The van der Waals surface area contributed by atoms with Gasteiger partial charge >= 0.3 is 5.97 Å². The molecule has 17 atom stereocenters. The van der Waals surface area contributed by atoms with Crippen LogP contribution in [0.25, 0.3) is 11.0 Å². The standard InChI is InChI=1S/C80H98N4O12/c1-4-58(80(93)36-44-27-48(80)28-45-35-78(72(90)54-13-10-12-51(44)63(45)54)23-18-47-11-6-7-22-79(47,92)41-78)74(91)95-61-33-56-69(89)66-60(88)32-50(38-85)94-71(66)67-64-53-19-26-83-73(81)65(53)68(52-17-15-42-30-62(82-5-2)84-37-46(42)29-59(52)75(61,3)96-70(56)67)77(25-24-76(40-77)20-8-9-21-76)34-43-14-16-49(87)31-55(43)57(64)39-86/h4,10,12-14,16,19,30-32,37,44-45,47-48,52,57,59,61-62,64,68,72,82-87,89-90,92-93H,5-9,11,15,17-18,20-29,33-36,38-41,81H2,1-3H3/b58-4+/t44-,45+,47+,48-,52-,57-,59-,61+,62?,64-,68+,72+,75-,77-,78+,79-,80-/m0/s1. The Labute approximate surface area is 562 Å². The number of phenolic OH excluding ortho intramolecular Hbond substituents is 2. The highest BCUT2D eigenvalue weighted by Crippen LogP contribution is 2.71. The summed E-state index contributed by atoms with van der Waals surface area (Å²) in [6, 6.07) is 13.1. The highest BCUT2D eigenvalue weighted by Gasteiger charge is 2.65. The molecule has 0 radical (unpaired) electrons. The monoisotopic (exact) mass is 1310 g/mol. The Bertz CT molecular complexity index is 4120. The third kappa shape index (κ3) is 9.31. The van der Waals surface area contributed by atoms with E-state index in [4.69, 9.17) is 19.6 Å². The molecule has 16 nitrogen and oxygen atoms in total. The lowest BCUT2D eigenvalue weighted by atomic mass is 9.51. The number of carbonyl (C=O) groups excluding carboxylic acids is 1. The van der Waals surface area contributed by atoms with E-state index in [9.17, 15) is 35.7 Å². The van der Waals surface area contributed by atoms with Gasteiger partial charge in [0.2, 0.25) is 0 Å². The summed E-state index contributed by atoms with van der Waals surface area (Å²) in [5.41, 5.74) is 12.3. The highest BCUT2D eigenvalue weighted by molar-refractivity contribution is 5.93. The normalized spacial score (nSPS) is 38.3. The number of hydrogen-bond acceptors (Lipinski definition) is 16. The fourth-order valence-electron chi connectivity index (χ4n) is 24.3. The Kier molecular flexibility index (Phi) is 15.0. The SMILES string of the molecule is C/C=C(\C(=O)O[C@@H]1Cc2c3c(c4oc(CO)cc(=O)c4c2O)[C@H]2C4=CCNC(N)=C4[C@@H]([C@H]4CCC5=CC(NCC)NC=C5C[C@@H]4[C@]1(C)O3)[C@@]1(CCC3(CCCC3)C1)Cc1ccc(O)cc1[C@@H]2CO)[C@]1(O)C[C@@H]2C[C@H]1C[C@@H]1C[C@@]3(CC[C@H]4CCCC[C@]4(O)C3)[C@H](O)c3cccc2c31. The van der Waals surface area contributed by atoms with E-state index in [1.165, 1.54) is 17.2 Å². The van der Waals surface area contributed by atoms with Gasteiger partial charge in [-0.1, -0.05) is 69.0 Å². The molecule has 4 aliphatic heterocycles. The first-order chi connectivity index (χ1) is 46.3. The van der Waals surface area contributed by atoms with E-state index in [2.05, 4.69) is 66.3 Å². The minimum Gasteiger partial charge on any atom is -0.508 e. The van der Waals surface area contributed by atoms with Gasteiger partial charge in [0.25, 0.3) is 0 Å². The number of benzene rings is 3. The van der Waals surface area contributed by atoms with Gasteiger partial charge in [0.05, 0.1) is 35.7 Å². The molecule has 1 unspecified atom stereocenters. The van der Waals surface area contributed by atoms with Crippen LogP contribution in [0.3, 0.4) is 0 Å². The number of ether oxygens (including phenoxy) is 2. The Morgan fingerprint density at radius 1 is 0.875 bits per heavy atom. The van der Waals surface area contributed by atoms with E-state index < -0.39 is 88.0 Å². The largest absolute Gasteiger partial charge is 0.508 e. The maximum atomic E-state index is 16.5. The highest BCUT2D eigenvalue weighted by atomic mass is 16.6. The first kappa shape index (κ1) is 63.1. The molecule has 17 rings (SSSR count). The van der Waals surface area contributed by atoms with Crippen LogP contribution in [-0.4, -0.2) is 90.5 Å². The van der Waals surface area contributed by atoms with Crippen molar-refractivity contribution >= 4 is 16.9 Å². The van der Waals surface area contributed by atoms with Crippen molar-refractivity contribution in [3.8, 4) is 17.2 Å². The van der Waals surface area contributed by atoms with Crippen LogP contribution in [0.2, 0.25) is 0 Å². The van der Waals surface area contributed by atoms with Crippen molar-refractivity contribution in [2.75, 3.05) is 19.7 Å². The predicted molar refractivity (Wildman–Crippen MR) is 363 cm³/mol. The summed E-state index contributed by atoms with van der Waals surface area (Å²) in [5.74, 6) is -3.23. The number of rotatable bonds is 7. The van der Waals surface area contributed by atoms with Crippen LogP contribution in [0.15, 0.2) is 110 Å². The molecule has 0 amide bonds. The number of aliphatic hydroxyl groups excluding tert-OH is 3. The topological polar surface area (TPSA) is 269 Å². The molecule has 16 heteroatoms. The Balaban J connectivity index is 0.856. The van der Waals surface area contributed by atoms with Crippen LogP contribution in [0.5, 0.6) is 17.2 Å². The Morgan fingerprint density at radius 3 is 2.49 bits per heavy atom. The van der Waals surface area contributed by atoms with Crippen LogP contribution in [0.1, 0.15) is 230 Å². The number of nitrogens with two attached hydrogens (primary N) is 1. The summed E-state index contributed by atoms with van der Waals surface area (Å²) in [6.45, 7) is 6.07. The molecular formula is C80H98N4O12. The third-order valence-corrected chi connectivity index (χ3v) is 28.3. The predicted octanol–water partition coefficient (Wildman–Crippen LogP) is 11.4. The van der Waals surface area contributed by atoms with Gasteiger partial charge in [-0.05, 0) is 251 Å². The van der Waals surface area contributed by atoms with Crippen molar-refractivity contribution in [1.29, 1.82) is 0 Å². The van der Waals surface area contributed by atoms with Crippen LogP contribution in [0.4, 0.5) is 0 Å². The molecule has 3 aromatic carbocycles. The van der Waals surface area contributed by atoms with Crippen molar-refractivity contribution in [3.05, 3.63) is 156 Å². The van der Waals surface area contributed by atoms with Crippen molar-refractivity contribution in [2.24, 2.45) is 51.6 Å². The fourth-order valence-corrected chi connectivity index (χ4v) is 24.3. The first-order valence-corrected chi connectivity index (χ1v) is 36.8. The second-order valence-electron chi connectivity index (χ2n) is 32.9. The number of aliphatic hydroxyl groups is 5. The average Bonchev–Trinajstić information content (AvgIpc) is 1.24. The van der Waals surface area contributed by atoms with Gasteiger partial charge in [-0.2, -0.15) is 0 Å². The fraction of sp³-hybridized carbons (Fsp3) is 0.600. The van der Waals surface area contributed by atoms with Crippen molar-refractivity contribution in [2.45, 2.75) is 234 Å². The van der Waals surface area contributed by atoms with Gasteiger partial charge in [-0.3, -0.25) is 10.1 Å². The number of allylic oxidation sites excluding steroid dienone is 5. The van der Waals surface area contributed by atoms with Crippen LogP contribution in [0, 0.1) is 45.8 Å². The zero-order chi connectivity index (χ0) is 66.2. The molecule has 6 saturated carbocycles. The first-order valence-electron chi connectivity index (χ1n) is 36.8. The van der Waals surface area contributed by atoms with Crippen LogP contribution < -0.4 is 31.8 Å². The molecule has 5 heterocycles. The molecule has 6 bridgehead atoms. The molecule has 1 aromatic heterocycles. The van der Waals surface area contributed by atoms with Crippen molar-refractivity contribution in [3.63, 3.8) is 0 Å². The lowest BCUT2D eigenvalue weighted by molar-refractivity contribution is -0.173. The number of esters is 1. The summed E-state index contributed by atoms with van der Waals surface area (Å²) >= 11 is 0. The van der Waals surface area contributed by atoms with Gasteiger partial charge < -0.3 is 66.0 Å². The Hall–Kier alpha value is -6.40. The summed E-state index contributed by atoms with van der Waals surface area (Å²) < 4.78 is 22.4. The smallest absolute Gasteiger partial charge is 0.337 e. The molecule has 9 aliphatic carbocycles. The minimum absolute atomic E-state index is 0.00238. The van der Waals surface area contributed by atoms with E-state index in [0.717, 1.165) is 135 Å². The number of likely N-dealkylation sites (N-methyl/N-ethyl adjacent to an activating group) is 1. The summed E-state index contributed by atoms with van der Waals surface area (Å²) in [6.07, 6.45) is 24.6. The van der Waals surface area contributed by atoms with E-state index in [0.29, 0.717) is 62.9 Å². The molecular weight excluding hydrogens is 1210 g/mol. The van der Waals surface area contributed by atoms with Gasteiger partial charge in [-0.25, -0.2) is 4.79 Å². The molecule has 4 aromatic rings. The zero-order valence-corrected chi connectivity index (χ0v) is 56.1. The molecule has 510 valence electrons. The lowest BCUT2D eigenvalue weighted by Crippen LogP contribution is -2.60. The number of fused-ring (bicyclic) bond motifs is 14. The third-order valence-electron chi connectivity index (χ3n) is 28.3. The summed E-state index contributed by atoms with van der Waals surface area (Å²) in [5, 5.41) is 98.3. The number of hydrogen-bond donors (Lipinski definition) is 11. The molecule has 3 spiro atoms. The molecule has 0 saturated heterocycles. The van der Waals surface area contributed by atoms with Crippen molar-refractivity contribution < 1.29 is 54.4 Å². The maximum Gasteiger partial charge on any atom is 0.337 e. The van der Waals surface area contributed by atoms with Crippen molar-refractivity contribution in [1.82, 2.24) is 16.0 Å². The lowest BCUT2D eigenvalue weighted by Gasteiger charge is -2.56. The van der Waals surface area contributed by atoms with E-state index in [1.54, 1.807) is 18.2 Å². The van der Waals surface area contributed by atoms with Gasteiger partial charge in [-0.15, -0.1) is 0 Å². The maximum absolute atomic E-state index is 16.5. The number of aromatic hydroxyl groups is 2. The minimum atomic E-state index is -1.62. The van der Waals surface area contributed by atoms with Crippen LogP contribution >= 0.6 is 0 Å². The van der Waals surface area contributed by atoms with E-state index in [1.807, 2.05) is 13.0 Å².